The van der Waals surface area contributed by atoms with Gasteiger partial charge in [0, 0.05) is 31.7 Å². The molecular formula is C18H24N2O5S. The number of carboxylic acid groups (broad SMARTS) is 1. The zero-order chi connectivity index (χ0) is 18.9. The van der Waals surface area contributed by atoms with Gasteiger partial charge in [0.25, 0.3) is 5.91 Å². The number of carbonyl (C=O) groups excluding carboxylic acids is 1. The Labute approximate surface area is 153 Å². The van der Waals surface area contributed by atoms with E-state index < -0.39 is 21.9 Å². The first-order valence-corrected chi connectivity index (χ1v) is 10.4. The predicted octanol–water partition coefficient (Wildman–Crippen LogP) is 1.65. The fraction of sp³-hybridized carbons (Fsp3) is 0.556. The standard InChI is InChI=1S/C18H24N2O5S/c1-13-10-15(18(22)23)12-19(11-13)17(21)14-4-6-16(7-5-14)26(24,25)20-8-2-3-9-20/h4-7,13,15H,2-3,8-12H2,1H3,(H,22,23). The van der Waals surface area contributed by atoms with Gasteiger partial charge in [-0.15, -0.1) is 0 Å². The molecule has 7 nitrogen and oxygen atoms in total. The van der Waals surface area contributed by atoms with E-state index in [1.54, 1.807) is 4.90 Å². The van der Waals surface area contributed by atoms with Gasteiger partial charge in [0.1, 0.15) is 0 Å². The Morgan fingerprint density at radius 3 is 2.27 bits per heavy atom. The molecule has 2 heterocycles. The number of amides is 1. The van der Waals surface area contributed by atoms with Crippen LogP contribution in [0, 0.1) is 11.8 Å². The van der Waals surface area contributed by atoms with Gasteiger partial charge in [-0.05, 0) is 49.4 Å². The molecule has 0 saturated carbocycles. The van der Waals surface area contributed by atoms with Crippen molar-refractivity contribution in [3.8, 4) is 0 Å². The van der Waals surface area contributed by atoms with E-state index in [1.807, 2.05) is 6.92 Å². The van der Waals surface area contributed by atoms with Crippen molar-refractivity contribution in [1.82, 2.24) is 9.21 Å². The molecule has 2 saturated heterocycles. The molecule has 2 atom stereocenters. The van der Waals surface area contributed by atoms with Crippen LogP contribution in [0.1, 0.15) is 36.5 Å². The van der Waals surface area contributed by atoms with E-state index in [2.05, 4.69) is 0 Å². The monoisotopic (exact) mass is 380 g/mol. The molecule has 0 bridgehead atoms. The zero-order valence-corrected chi connectivity index (χ0v) is 15.6. The van der Waals surface area contributed by atoms with Crippen LogP contribution in [0.5, 0.6) is 0 Å². The summed E-state index contributed by atoms with van der Waals surface area (Å²) in [6, 6.07) is 5.95. The summed E-state index contributed by atoms with van der Waals surface area (Å²) in [5.74, 6) is -1.59. The lowest BCUT2D eigenvalue weighted by molar-refractivity contribution is -0.143. The molecule has 1 aromatic carbocycles. The molecule has 2 aliphatic heterocycles. The molecule has 0 spiro atoms. The van der Waals surface area contributed by atoms with Crippen molar-refractivity contribution in [2.45, 2.75) is 31.1 Å². The maximum absolute atomic E-state index is 12.7. The lowest BCUT2D eigenvalue weighted by atomic mass is 9.90. The number of hydrogen-bond donors (Lipinski definition) is 1. The fourth-order valence-electron chi connectivity index (χ4n) is 3.73. The number of rotatable bonds is 4. The molecule has 1 N–H and O–H groups in total. The summed E-state index contributed by atoms with van der Waals surface area (Å²) in [5.41, 5.74) is 0.378. The van der Waals surface area contributed by atoms with Gasteiger partial charge >= 0.3 is 5.97 Å². The van der Waals surface area contributed by atoms with Crippen LogP contribution in [0.2, 0.25) is 0 Å². The van der Waals surface area contributed by atoms with Gasteiger partial charge in [0.2, 0.25) is 10.0 Å². The molecule has 142 valence electrons. The van der Waals surface area contributed by atoms with Crippen molar-refractivity contribution < 1.29 is 23.1 Å². The number of piperidine rings is 1. The highest BCUT2D eigenvalue weighted by atomic mass is 32.2. The molecule has 0 radical (unpaired) electrons. The fourth-order valence-corrected chi connectivity index (χ4v) is 5.24. The van der Waals surface area contributed by atoms with Gasteiger partial charge in [-0.1, -0.05) is 6.92 Å². The largest absolute Gasteiger partial charge is 0.481 e. The summed E-state index contributed by atoms with van der Waals surface area (Å²) in [6.45, 7) is 3.69. The van der Waals surface area contributed by atoms with Crippen molar-refractivity contribution in [1.29, 1.82) is 0 Å². The molecule has 26 heavy (non-hydrogen) atoms. The first kappa shape index (κ1) is 18.8. The Morgan fingerprint density at radius 2 is 1.69 bits per heavy atom. The van der Waals surface area contributed by atoms with Gasteiger partial charge in [0.15, 0.2) is 0 Å². The van der Waals surface area contributed by atoms with E-state index in [9.17, 15) is 23.1 Å². The average Bonchev–Trinajstić information content (AvgIpc) is 3.16. The normalized spacial score (nSPS) is 24.6. The quantitative estimate of drug-likeness (QED) is 0.857. The summed E-state index contributed by atoms with van der Waals surface area (Å²) < 4.78 is 26.6. The third-order valence-corrected chi connectivity index (χ3v) is 7.01. The number of carboxylic acids is 1. The minimum absolute atomic E-state index is 0.114. The second kappa shape index (κ2) is 7.36. The van der Waals surface area contributed by atoms with E-state index >= 15 is 0 Å². The average molecular weight is 380 g/mol. The predicted molar refractivity (Wildman–Crippen MR) is 95.2 cm³/mol. The molecule has 0 aliphatic carbocycles. The second-order valence-electron chi connectivity index (χ2n) is 7.22. The highest BCUT2D eigenvalue weighted by Crippen LogP contribution is 2.25. The molecule has 8 heteroatoms. The summed E-state index contributed by atoms with van der Waals surface area (Å²) in [7, 11) is -3.50. The Kier molecular flexibility index (Phi) is 5.34. The lowest BCUT2D eigenvalue weighted by Crippen LogP contribution is -2.45. The third-order valence-electron chi connectivity index (χ3n) is 5.10. The number of sulfonamides is 1. The van der Waals surface area contributed by atoms with E-state index in [1.165, 1.54) is 28.6 Å². The van der Waals surface area contributed by atoms with Crippen molar-refractivity contribution in [2.75, 3.05) is 26.2 Å². The van der Waals surface area contributed by atoms with Crippen molar-refractivity contribution >= 4 is 21.9 Å². The number of benzene rings is 1. The van der Waals surface area contributed by atoms with Gasteiger partial charge in [-0.3, -0.25) is 9.59 Å². The highest BCUT2D eigenvalue weighted by Gasteiger charge is 2.32. The number of aliphatic carboxylic acids is 1. The van der Waals surface area contributed by atoms with Crippen LogP contribution in [-0.4, -0.2) is 60.8 Å². The molecule has 2 aliphatic rings. The molecular weight excluding hydrogens is 356 g/mol. The minimum Gasteiger partial charge on any atom is -0.481 e. The van der Waals surface area contributed by atoms with Gasteiger partial charge in [0.05, 0.1) is 10.8 Å². The van der Waals surface area contributed by atoms with Crippen molar-refractivity contribution in [3.63, 3.8) is 0 Å². The number of hydrogen-bond acceptors (Lipinski definition) is 4. The summed E-state index contributed by atoms with van der Waals surface area (Å²) in [6.07, 6.45) is 2.30. The summed E-state index contributed by atoms with van der Waals surface area (Å²) in [4.78, 5) is 25.7. The SMILES string of the molecule is CC1CC(C(=O)O)CN(C(=O)c2ccc(S(=O)(=O)N3CCCC3)cc2)C1. The Morgan fingerprint density at radius 1 is 1.08 bits per heavy atom. The number of likely N-dealkylation sites (tertiary alicyclic amines) is 1. The number of carbonyl (C=O) groups is 2. The molecule has 2 fully saturated rings. The maximum atomic E-state index is 12.7. The smallest absolute Gasteiger partial charge is 0.308 e. The zero-order valence-electron chi connectivity index (χ0n) is 14.8. The van der Waals surface area contributed by atoms with Crippen LogP contribution in [0.25, 0.3) is 0 Å². The van der Waals surface area contributed by atoms with Crippen LogP contribution < -0.4 is 0 Å². The molecule has 1 amide bonds. The van der Waals surface area contributed by atoms with Gasteiger partial charge in [-0.25, -0.2) is 8.42 Å². The third kappa shape index (κ3) is 3.76. The van der Waals surface area contributed by atoms with Crippen LogP contribution in [0.3, 0.4) is 0 Å². The van der Waals surface area contributed by atoms with Crippen LogP contribution in [-0.2, 0) is 14.8 Å². The first-order valence-electron chi connectivity index (χ1n) is 8.91. The minimum atomic E-state index is -3.50. The Hall–Kier alpha value is -1.93. The number of nitrogens with zero attached hydrogens (tertiary/aromatic N) is 2. The van der Waals surface area contributed by atoms with Crippen molar-refractivity contribution in [3.05, 3.63) is 29.8 Å². The van der Waals surface area contributed by atoms with E-state index in [0.717, 1.165) is 12.8 Å². The van der Waals surface area contributed by atoms with E-state index in [-0.39, 0.29) is 23.3 Å². The lowest BCUT2D eigenvalue weighted by Gasteiger charge is -2.34. The van der Waals surface area contributed by atoms with Crippen LogP contribution in [0.4, 0.5) is 0 Å². The highest BCUT2D eigenvalue weighted by molar-refractivity contribution is 7.89. The summed E-state index contributed by atoms with van der Waals surface area (Å²) >= 11 is 0. The molecule has 3 rings (SSSR count). The van der Waals surface area contributed by atoms with Gasteiger partial charge in [-0.2, -0.15) is 4.31 Å². The first-order chi connectivity index (χ1) is 12.3. The van der Waals surface area contributed by atoms with Crippen LogP contribution in [0.15, 0.2) is 29.2 Å². The van der Waals surface area contributed by atoms with E-state index in [4.69, 9.17) is 0 Å². The summed E-state index contributed by atoms with van der Waals surface area (Å²) in [5, 5.41) is 9.25. The Balaban J connectivity index is 1.75. The molecule has 2 unspecified atom stereocenters. The maximum Gasteiger partial charge on any atom is 0.308 e. The second-order valence-corrected chi connectivity index (χ2v) is 9.16. The molecule has 1 aromatic rings. The van der Waals surface area contributed by atoms with Crippen molar-refractivity contribution in [2.24, 2.45) is 11.8 Å². The topological polar surface area (TPSA) is 95.0 Å². The van der Waals surface area contributed by atoms with Crippen LogP contribution >= 0.6 is 0 Å². The Bertz CT molecular complexity index is 784. The van der Waals surface area contributed by atoms with E-state index in [0.29, 0.717) is 31.6 Å². The molecule has 0 aromatic heterocycles. The van der Waals surface area contributed by atoms with Gasteiger partial charge < -0.3 is 10.0 Å².